The van der Waals surface area contributed by atoms with Crippen LogP contribution in [-0.2, 0) is 15.2 Å². The van der Waals surface area contributed by atoms with Crippen LogP contribution in [0.5, 0.6) is 0 Å². The van der Waals surface area contributed by atoms with Crippen molar-refractivity contribution in [3.63, 3.8) is 0 Å². The molecular weight excluding hydrogens is 366 g/mol. The lowest BCUT2D eigenvalue weighted by Crippen LogP contribution is -2.43. The first kappa shape index (κ1) is 20.0. The van der Waals surface area contributed by atoms with Crippen LogP contribution in [0.15, 0.2) is 90.0 Å². The van der Waals surface area contributed by atoms with Crippen molar-refractivity contribution in [3.05, 3.63) is 102 Å². The van der Waals surface area contributed by atoms with Crippen LogP contribution in [0.4, 0.5) is 5.69 Å². The summed E-state index contributed by atoms with van der Waals surface area (Å²) in [5.74, 6) is -0.819. The number of nitrogens with zero attached hydrogens (tertiary/aromatic N) is 1. The van der Waals surface area contributed by atoms with Gasteiger partial charge in [-0.3, -0.25) is 9.59 Å². The number of carbonyl (C=O) groups excluding carboxylic acids is 2. The molecule has 3 N–H and O–H groups in total. The number of aliphatic hydroxyl groups is 1. The van der Waals surface area contributed by atoms with Gasteiger partial charge in [0.15, 0.2) is 5.60 Å². The van der Waals surface area contributed by atoms with Gasteiger partial charge in [0.05, 0.1) is 6.21 Å². The van der Waals surface area contributed by atoms with Gasteiger partial charge < -0.3 is 10.4 Å². The number of anilines is 1. The molecule has 0 heterocycles. The molecule has 0 bridgehead atoms. The predicted molar refractivity (Wildman–Crippen MR) is 112 cm³/mol. The Labute approximate surface area is 168 Å². The van der Waals surface area contributed by atoms with Crippen LogP contribution in [0.2, 0.25) is 0 Å². The second kappa shape index (κ2) is 8.95. The monoisotopic (exact) mass is 387 g/mol. The largest absolute Gasteiger partial charge is 0.372 e. The molecule has 0 aliphatic heterocycles. The first-order valence-corrected chi connectivity index (χ1v) is 9.05. The molecule has 0 saturated carbocycles. The van der Waals surface area contributed by atoms with E-state index in [2.05, 4.69) is 15.8 Å². The lowest BCUT2D eigenvalue weighted by Gasteiger charge is -2.27. The van der Waals surface area contributed by atoms with Crippen molar-refractivity contribution in [2.75, 3.05) is 5.32 Å². The van der Waals surface area contributed by atoms with Gasteiger partial charge in [-0.25, -0.2) is 5.43 Å². The maximum Gasteiger partial charge on any atom is 0.281 e. The number of hydrogen-bond donors (Lipinski definition) is 3. The summed E-state index contributed by atoms with van der Waals surface area (Å²) in [5, 5.41) is 18.0. The quantitative estimate of drug-likeness (QED) is 0.449. The molecule has 0 atom stereocenters. The molecule has 6 heteroatoms. The predicted octanol–water partition coefficient (Wildman–Crippen LogP) is 3.03. The smallest absolute Gasteiger partial charge is 0.281 e. The number of rotatable bonds is 6. The molecule has 0 aliphatic carbocycles. The van der Waals surface area contributed by atoms with E-state index in [1.54, 1.807) is 72.8 Å². The van der Waals surface area contributed by atoms with Crippen LogP contribution in [0.1, 0.15) is 23.6 Å². The number of carbonyl (C=O) groups is 2. The highest BCUT2D eigenvalue weighted by Crippen LogP contribution is 2.29. The second-order valence-electron chi connectivity index (χ2n) is 6.44. The Hall–Kier alpha value is -3.77. The van der Waals surface area contributed by atoms with Crippen LogP contribution < -0.4 is 10.7 Å². The standard InChI is InChI=1S/C23H21N3O3/c1-17(27)25-21-14-12-18(13-15-21)16-24-26-22(28)23(29,19-8-4-2-5-9-19)20-10-6-3-7-11-20/h2-16,29H,1H3,(H,25,27)(H,26,28)/b24-16-. The summed E-state index contributed by atoms with van der Waals surface area (Å²) < 4.78 is 0. The summed E-state index contributed by atoms with van der Waals surface area (Å²) in [6.07, 6.45) is 1.46. The SMILES string of the molecule is CC(=O)Nc1ccc(/C=N\NC(=O)C(O)(c2ccccc2)c2ccccc2)cc1. The molecule has 6 nitrogen and oxygen atoms in total. The Morgan fingerprint density at radius 1 is 0.862 bits per heavy atom. The van der Waals surface area contributed by atoms with Gasteiger partial charge in [0.2, 0.25) is 5.91 Å². The van der Waals surface area contributed by atoms with Gasteiger partial charge >= 0.3 is 0 Å². The van der Waals surface area contributed by atoms with Gasteiger partial charge in [-0.15, -0.1) is 0 Å². The van der Waals surface area contributed by atoms with Crippen molar-refractivity contribution in [1.29, 1.82) is 0 Å². The van der Waals surface area contributed by atoms with E-state index in [-0.39, 0.29) is 5.91 Å². The number of benzene rings is 3. The highest BCUT2D eigenvalue weighted by Gasteiger charge is 2.39. The summed E-state index contributed by atoms with van der Waals surface area (Å²) in [4.78, 5) is 24.0. The van der Waals surface area contributed by atoms with Gasteiger partial charge in [-0.2, -0.15) is 5.10 Å². The zero-order chi connectivity index (χ0) is 20.7. The van der Waals surface area contributed by atoms with Crippen molar-refractivity contribution in [3.8, 4) is 0 Å². The van der Waals surface area contributed by atoms with Gasteiger partial charge in [-0.05, 0) is 28.8 Å². The Kier molecular flexibility index (Phi) is 6.16. The van der Waals surface area contributed by atoms with E-state index in [9.17, 15) is 14.7 Å². The van der Waals surface area contributed by atoms with E-state index >= 15 is 0 Å². The van der Waals surface area contributed by atoms with Crippen molar-refractivity contribution in [2.45, 2.75) is 12.5 Å². The molecule has 0 spiro atoms. The molecule has 0 unspecified atom stereocenters. The van der Waals surface area contributed by atoms with Gasteiger partial charge in [0.25, 0.3) is 5.91 Å². The normalized spacial score (nSPS) is 11.2. The fourth-order valence-corrected chi connectivity index (χ4v) is 2.89. The van der Waals surface area contributed by atoms with Crippen LogP contribution in [0.3, 0.4) is 0 Å². The number of nitrogens with one attached hydrogen (secondary N) is 2. The highest BCUT2D eigenvalue weighted by atomic mass is 16.3. The molecule has 0 fully saturated rings. The number of amides is 2. The zero-order valence-electron chi connectivity index (χ0n) is 15.9. The lowest BCUT2D eigenvalue weighted by atomic mass is 9.85. The van der Waals surface area contributed by atoms with Gasteiger partial charge in [0, 0.05) is 12.6 Å². The van der Waals surface area contributed by atoms with Gasteiger partial charge in [0.1, 0.15) is 0 Å². The van der Waals surface area contributed by atoms with Gasteiger partial charge in [-0.1, -0.05) is 72.8 Å². The summed E-state index contributed by atoms with van der Waals surface area (Å²) in [6, 6.07) is 24.4. The third-order valence-corrected chi connectivity index (χ3v) is 4.32. The van der Waals surface area contributed by atoms with E-state index in [1.165, 1.54) is 13.1 Å². The van der Waals surface area contributed by atoms with Crippen LogP contribution in [0, 0.1) is 0 Å². The minimum absolute atomic E-state index is 0.153. The van der Waals surface area contributed by atoms with E-state index in [0.29, 0.717) is 16.8 Å². The lowest BCUT2D eigenvalue weighted by molar-refractivity contribution is -0.136. The Balaban J connectivity index is 1.79. The average molecular weight is 387 g/mol. The van der Waals surface area contributed by atoms with E-state index in [1.807, 2.05) is 12.1 Å². The Bertz CT molecular complexity index is 961. The van der Waals surface area contributed by atoms with Crippen LogP contribution in [-0.4, -0.2) is 23.1 Å². The maximum absolute atomic E-state index is 12.9. The first-order valence-electron chi connectivity index (χ1n) is 9.05. The fraction of sp³-hybridized carbons (Fsp3) is 0.0870. The molecule has 3 aromatic carbocycles. The van der Waals surface area contributed by atoms with Crippen molar-refractivity contribution in [2.24, 2.45) is 5.10 Å². The molecule has 146 valence electrons. The van der Waals surface area contributed by atoms with E-state index in [4.69, 9.17) is 0 Å². The average Bonchev–Trinajstić information content (AvgIpc) is 2.75. The van der Waals surface area contributed by atoms with Crippen molar-refractivity contribution >= 4 is 23.7 Å². The van der Waals surface area contributed by atoms with Crippen molar-refractivity contribution < 1.29 is 14.7 Å². The summed E-state index contributed by atoms with van der Waals surface area (Å²) in [6.45, 7) is 1.44. The summed E-state index contributed by atoms with van der Waals surface area (Å²) in [7, 11) is 0. The molecule has 3 rings (SSSR count). The first-order chi connectivity index (χ1) is 14.0. The molecule has 2 amide bonds. The second-order valence-corrected chi connectivity index (χ2v) is 6.44. The molecule has 0 aliphatic rings. The highest BCUT2D eigenvalue weighted by molar-refractivity contribution is 5.92. The zero-order valence-corrected chi connectivity index (χ0v) is 15.9. The number of hydrogen-bond acceptors (Lipinski definition) is 4. The molecule has 0 aromatic heterocycles. The maximum atomic E-state index is 12.9. The van der Waals surface area contributed by atoms with E-state index in [0.717, 1.165) is 5.56 Å². The molecule has 0 saturated heterocycles. The summed E-state index contributed by atoms with van der Waals surface area (Å²) >= 11 is 0. The number of hydrazone groups is 1. The molecule has 3 aromatic rings. The minimum atomic E-state index is -1.88. The Morgan fingerprint density at radius 2 is 1.38 bits per heavy atom. The van der Waals surface area contributed by atoms with Crippen LogP contribution in [0.25, 0.3) is 0 Å². The summed E-state index contributed by atoms with van der Waals surface area (Å²) in [5.41, 5.74) is 2.82. The fourth-order valence-electron chi connectivity index (χ4n) is 2.89. The topological polar surface area (TPSA) is 90.8 Å². The molecule has 0 radical (unpaired) electrons. The Morgan fingerprint density at radius 3 is 1.86 bits per heavy atom. The molecule has 29 heavy (non-hydrogen) atoms. The molecular formula is C23H21N3O3. The minimum Gasteiger partial charge on any atom is -0.372 e. The third-order valence-electron chi connectivity index (χ3n) is 4.32. The van der Waals surface area contributed by atoms with E-state index < -0.39 is 11.5 Å². The van der Waals surface area contributed by atoms with Crippen molar-refractivity contribution in [1.82, 2.24) is 5.43 Å². The van der Waals surface area contributed by atoms with Crippen LogP contribution >= 0.6 is 0 Å². The third kappa shape index (κ3) is 4.75.